The van der Waals surface area contributed by atoms with Gasteiger partial charge in [0, 0.05) is 18.9 Å². The molecule has 0 radical (unpaired) electrons. The van der Waals surface area contributed by atoms with Gasteiger partial charge in [0.15, 0.2) is 0 Å². The molecule has 4 saturated carbocycles. The van der Waals surface area contributed by atoms with Crippen LogP contribution in [0.5, 0.6) is 0 Å². The van der Waals surface area contributed by atoms with E-state index in [-0.39, 0.29) is 17.4 Å². The standard InChI is InChI=1S/C29H49NO2/c1-19(2)8-7-9-20(3)24-10-11-25-23-16-21(18-30)29(31)17-22(32-6)12-15-28(29,5)26(23)13-14-27(24,25)4/h19-26,31H,7-17H2,1-6H3/t20?,21?,22-,23?,24+,25?,26?,27+,28+,29-/m1/s1. The van der Waals surface area contributed by atoms with E-state index in [0.717, 1.165) is 42.9 Å². The summed E-state index contributed by atoms with van der Waals surface area (Å²) < 4.78 is 5.68. The van der Waals surface area contributed by atoms with Gasteiger partial charge in [0.05, 0.1) is 23.7 Å². The molecular weight excluding hydrogens is 394 g/mol. The maximum atomic E-state index is 12.0. The van der Waals surface area contributed by atoms with Gasteiger partial charge in [-0.15, -0.1) is 0 Å². The van der Waals surface area contributed by atoms with Gasteiger partial charge in [-0.05, 0) is 85.9 Å². The zero-order valence-electron chi connectivity index (χ0n) is 21.7. The molecule has 5 unspecified atom stereocenters. The van der Waals surface area contributed by atoms with Crippen molar-refractivity contribution in [1.82, 2.24) is 0 Å². The van der Waals surface area contributed by atoms with Gasteiger partial charge < -0.3 is 9.84 Å². The first-order valence-corrected chi connectivity index (χ1v) is 13.8. The van der Waals surface area contributed by atoms with E-state index < -0.39 is 5.60 Å². The lowest BCUT2D eigenvalue weighted by Crippen LogP contribution is -2.66. The van der Waals surface area contributed by atoms with E-state index in [9.17, 15) is 10.4 Å². The van der Waals surface area contributed by atoms with E-state index in [0.29, 0.717) is 23.7 Å². The van der Waals surface area contributed by atoms with Crippen molar-refractivity contribution in [2.24, 2.45) is 52.3 Å². The van der Waals surface area contributed by atoms with Crippen molar-refractivity contribution in [3.05, 3.63) is 0 Å². The highest BCUT2D eigenvalue weighted by Crippen LogP contribution is 2.70. The summed E-state index contributed by atoms with van der Waals surface area (Å²) in [4.78, 5) is 0. The fourth-order valence-electron chi connectivity index (χ4n) is 9.67. The molecule has 1 N–H and O–H groups in total. The molecule has 0 heterocycles. The molecular formula is C29H49NO2. The van der Waals surface area contributed by atoms with Crippen LogP contribution in [0.1, 0.15) is 105 Å². The van der Waals surface area contributed by atoms with Crippen LogP contribution < -0.4 is 0 Å². The van der Waals surface area contributed by atoms with Crippen molar-refractivity contribution in [3.8, 4) is 6.07 Å². The van der Waals surface area contributed by atoms with Crippen molar-refractivity contribution in [3.63, 3.8) is 0 Å². The summed E-state index contributed by atoms with van der Waals surface area (Å²) in [6, 6.07) is 2.61. The average Bonchev–Trinajstić information content (AvgIpc) is 3.10. The monoisotopic (exact) mass is 443 g/mol. The first kappa shape index (κ1) is 24.5. The number of aliphatic hydroxyl groups is 1. The SMILES string of the molecule is CO[C@@H]1CC[C@@]2(C)C3CC[C@]4(C)C(CC[C@H]4C(C)CCCC(C)C)C3CC(C#N)[C@]2(O)C1. The first-order valence-electron chi connectivity index (χ1n) is 13.8. The van der Waals surface area contributed by atoms with Gasteiger partial charge in [-0.3, -0.25) is 0 Å². The van der Waals surface area contributed by atoms with E-state index in [1.165, 1.54) is 44.9 Å². The number of hydrogen-bond donors (Lipinski definition) is 1. The van der Waals surface area contributed by atoms with Gasteiger partial charge in [0.2, 0.25) is 0 Å². The van der Waals surface area contributed by atoms with E-state index in [4.69, 9.17) is 4.74 Å². The minimum Gasteiger partial charge on any atom is -0.388 e. The molecule has 182 valence electrons. The summed E-state index contributed by atoms with van der Waals surface area (Å²) in [5.74, 6) is 4.09. The highest BCUT2D eigenvalue weighted by molar-refractivity contribution is 5.20. The number of hydrogen-bond acceptors (Lipinski definition) is 3. The molecule has 0 aromatic heterocycles. The summed E-state index contributed by atoms with van der Waals surface area (Å²) in [5, 5.41) is 22.2. The van der Waals surface area contributed by atoms with E-state index in [1.807, 2.05) is 0 Å². The molecule has 0 saturated heterocycles. The topological polar surface area (TPSA) is 53.2 Å². The first-order chi connectivity index (χ1) is 15.1. The third-order valence-corrected chi connectivity index (χ3v) is 11.5. The molecule has 32 heavy (non-hydrogen) atoms. The second kappa shape index (κ2) is 8.88. The van der Waals surface area contributed by atoms with Gasteiger partial charge in [0.1, 0.15) is 0 Å². The number of rotatable bonds is 6. The van der Waals surface area contributed by atoms with Gasteiger partial charge in [-0.2, -0.15) is 5.26 Å². The summed E-state index contributed by atoms with van der Waals surface area (Å²) in [5.41, 5.74) is -0.612. The quantitative estimate of drug-likeness (QED) is 0.481. The molecule has 10 atom stereocenters. The Morgan fingerprint density at radius 2 is 1.78 bits per heavy atom. The van der Waals surface area contributed by atoms with E-state index >= 15 is 0 Å². The van der Waals surface area contributed by atoms with E-state index in [1.54, 1.807) is 7.11 Å². The molecule has 4 rings (SSSR count). The summed E-state index contributed by atoms with van der Waals surface area (Å²) in [6.45, 7) is 12.2. The van der Waals surface area contributed by atoms with Crippen LogP contribution in [0, 0.1) is 63.6 Å². The fourth-order valence-corrected chi connectivity index (χ4v) is 9.67. The number of nitrogens with zero attached hydrogens (tertiary/aromatic N) is 1. The smallest absolute Gasteiger partial charge is 0.0885 e. The van der Waals surface area contributed by atoms with Crippen LogP contribution in [0.15, 0.2) is 0 Å². The molecule has 3 nitrogen and oxygen atoms in total. The Labute approximate surface area is 197 Å². The summed E-state index contributed by atoms with van der Waals surface area (Å²) >= 11 is 0. The van der Waals surface area contributed by atoms with Gasteiger partial charge in [-0.25, -0.2) is 0 Å². The van der Waals surface area contributed by atoms with Crippen LogP contribution in [-0.4, -0.2) is 23.9 Å². The zero-order chi connectivity index (χ0) is 23.3. The lowest BCUT2D eigenvalue weighted by molar-refractivity contribution is -0.239. The molecule has 4 aliphatic rings. The predicted molar refractivity (Wildman–Crippen MR) is 130 cm³/mol. The maximum Gasteiger partial charge on any atom is 0.0885 e. The Bertz CT molecular complexity index is 714. The Kier molecular flexibility index (Phi) is 6.81. The van der Waals surface area contributed by atoms with Crippen molar-refractivity contribution in [1.29, 1.82) is 5.26 Å². The highest BCUT2D eigenvalue weighted by atomic mass is 16.5. The van der Waals surface area contributed by atoms with Crippen LogP contribution in [0.4, 0.5) is 0 Å². The zero-order valence-corrected chi connectivity index (χ0v) is 21.7. The molecule has 0 amide bonds. The van der Waals surface area contributed by atoms with Gasteiger partial charge in [-0.1, -0.05) is 53.9 Å². The van der Waals surface area contributed by atoms with Crippen molar-refractivity contribution >= 4 is 0 Å². The fraction of sp³-hybridized carbons (Fsp3) is 0.966. The van der Waals surface area contributed by atoms with E-state index in [2.05, 4.69) is 40.7 Å². The second-order valence-electron chi connectivity index (χ2n) is 13.3. The molecule has 4 fully saturated rings. The number of ether oxygens (including phenoxy) is 1. The number of methoxy groups -OCH3 is 1. The third-order valence-electron chi connectivity index (χ3n) is 11.5. The van der Waals surface area contributed by atoms with Gasteiger partial charge >= 0.3 is 0 Å². The lowest BCUT2D eigenvalue weighted by Gasteiger charge is -2.65. The van der Waals surface area contributed by atoms with Crippen LogP contribution in [-0.2, 0) is 4.74 Å². The normalized spacial score (nSPS) is 49.1. The van der Waals surface area contributed by atoms with Gasteiger partial charge in [0.25, 0.3) is 0 Å². The molecule has 0 aromatic carbocycles. The van der Waals surface area contributed by atoms with Crippen LogP contribution in [0.2, 0.25) is 0 Å². The molecule has 0 aliphatic heterocycles. The molecule has 0 spiro atoms. The summed E-state index contributed by atoms with van der Waals surface area (Å²) in [6.07, 6.45) is 13.0. The Morgan fingerprint density at radius 1 is 1.03 bits per heavy atom. The Morgan fingerprint density at radius 3 is 2.44 bits per heavy atom. The molecule has 0 aromatic rings. The third kappa shape index (κ3) is 3.67. The number of nitriles is 1. The van der Waals surface area contributed by atoms with Crippen molar-refractivity contribution in [2.45, 2.75) is 117 Å². The van der Waals surface area contributed by atoms with Crippen LogP contribution >= 0.6 is 0 Å². The Balaban J connectivity index is 1.56. The summed E-state index contributed by atoms with van der Waals surface area (Å²) in [7, 11) is 1.76. The Hall–Kier alpha value is -0.590. The minimum absolute atomic E-state index is 0.0943. The highest BCUT2D eigenvalue weighted by Gasteiger charge is 2.67. The van der Waals surface area contributed by atoms with Crippen molar-refractivity contribution in [2.75, 3.05) is 7.11 Å². The molecule has 0 bridgehead atoms. The van der Waals surface area contributed by atoms with Crippen molar-refractivity contribution < 1.29 is 9.84 Å². The van der Waals surface area contributed by atoms with Crippen LogP contribution in [0.3, 0.4) is 0 Å². The number of fused-ring (bicyclic) bond motifs is 5. The average molecular weight is 444 g/mol. The second-order valence-corrected chi connectivity index (χ2v) is 13.3. The molecule has 4 aliphatic carbocycles. The maximum absolute atomic E-state index is 12.0. The largest absolute Gasteiger partial charge is 0.388 e. The minimum atomic E-state index is -0.891. The van der Waals surface area contributed by atoms with Crippen LogP contribution in [0.25, 0.3) is 0 Å². The molecule has 3 heteroatoms. The lowest BCUT2D eigenvalue weighted by atomic mass is 9.41. The predicted octanol–water partition coefficient (Wildman–Crippen LogP) is 6.99.